The van der Waals surface area contributed by atoms with Gasteiger partial charge in [-0.3, -0.25) is 9.11 Å². The van der Waals surface area contributed by atoms with E-state index in [1.54, 1.807) is 0 Å². The van der Waals surface area contributed by atoms with Gasteiger partial charge in [-0.1, -0.05) is 0 Å². The van der Waals surface area contributed by atoms with Crippen molar-refractivity contribution in [2.75, 3.05) is 0 Å². The van der Waals surface area contributed by atoms with Crippen LogP contribution in [0.2, 0.25) is 0 Å². The van der Waals surface area contributed by atoms with Gasteiger partial charge in [0.25, 0.3) is 0 Å². The van der Waals surface area contributed by atoms with Gasteiger partial charge >= 0.3 is 83.6 Å². The summed E-state index contributed by atoms with van der Waals surface area (Å²) < 4.78 is 31.6. The summed E-state index contributed by atoms with van der Waals surface area (Å²) in [5, 5.41) is 0. The Morgan fingerprint density at radius 3 is 1.22 bits per heavy atom. The number of hydrogen-bond acceptors (Lipinski definition) is 2. The molecule has 0 spiro atoms. The third-order valence-corrected chi connectivity index (χ3v) is 0. The van der Waals surface area contributed by atoms with Crippen LogP contribution in [0.15, 0.2) is 0 Å². The molecule has 0 bridgehead atoms. The van der Waals surface area contributed by atoms with E-state index in [1.165, 1.54) is 0 Å². The van der Waals surface area contributed by atoms with Crippen LogP contribution in [0.5, 0.6) is 0 Å². The molecular formula is H3CaCl2NaO4S. The minimum absolute atomic E-state index is 0. The van der Waals surface area contributed by atoms with Crippen molar-refractivity contribution in [1.82, 2.24) is 0 Å². The summed E-state index contributed by atoms with van der Waals surface area (Å²) in [6, 6.07) is 0. The third-order valence-electron chi connectivity index (χ3n) is 0. The summed E-state index contributed by atoms with van der Waals surface area (Å²) in [7, 11) is -4.67. The van der Waals surface area contributed by atoms with Crippen molar-refractivity contribution in [2.24, 2.45) is 0 Å². The van der Waals surface area contributed by atoms with E-state index in [4.69, 9.17) is 30.3 Å². The molecule has 0 aromatic carbocycles. The molecule has 0 saturated carbocycles. The summed E-state index contributed by atoms with van der Waals surface area (Å²) in [4.78, 5) is 0. The number of halogens is 2. The molecule has 0 unspecified atom stereocenters. The van der Waals surface area contributed by atoms with E-state index in [0.29, 0.717) is 0 Å². The molecular weight excluding hydrogens is 230 g/mol. The molecule has 0 rings (SSSR count). The van der Waals surface area contributed by atoms with Gasteiger partial charge in [0.05, 0.1) is 0 Å². The molecule has 0 radical (unpaired) electrons. The molecule has 0 aliphatic heterocycles. The predicted molar refractivity (Wildman–Crippen MR) is 38.8 cm³/mol. The van der Waals surface area contributed by atoms with E-state index in [-0.39, 0.29) is 29.6 Å². The molecule has 0 aromatic rings. The Balaban J connectivity index is -0.0000000800. The van der Waals surface area contributed by atoms with Crippen molar-refractivity contribution in [3.63, 3.8) is 0 Å². The average Bonchev–Trinajstić information content (AvgIpc) is 1.27. The molecule has 9 heavy (non-hydrogen) atoms. The van der Waals surface area contributed by atoms with Crippen molar-refractivity contribution in [3.8, 4) is 0 Å². The zero-order chi connectivity index (χ0) is 7.21. The van der Waals surface area contributed by atoms with Crippen molar-refractivity contribution >= 4 is 83.6 Å². The summed E-state index contributed by atoms with van der Waals surface area (Å²) >= 11 is -0.931. The molecule has 9 heteroatoms. The Bertz CT molecular complexity index is 113. The van der Waals surface area contributed by atoms with Crippen molar-refractivity contribution in [2.45, 2.75) is 0 Å². The normalized spacial score (nSPS) is 7.56. The Morgan fingerprint density at radius 2 is 1.22 bits per heavy atom. The third kappa shape index (κ3) is 111. The van der Waals surface area contributed by atoms with Gasteiger partial charge < -0.3 is 0 Å². The standard InChI is InChI=1S/Ca.2ClH.Na.H2O4S.H/c;;;;1-5(2,3)4;/h;2*1H;;(H2,1,2,3,4);/q+2;;;;;/p-2. The van der Waals surface area contributed by atoms with E-state index in [1.807, 2.05) is 0 Å². The maximum atomic E-state index is 8.74. The van der Waals surface area contributed by atoms with Crippen LogP contribution in [0.3, 0.4) is 0 Å². The van der Waals surface area contributed by atoms with Crippen molar-refractivity contribution in [3.05, 3.63) is 0 Å². The van der Waals surface area contributed by atoms with Gasteiger partial charge in [0.1, 0.15) is 0 Å². The van der Waals surface area contributed by atoms with Gasteiger partial charge in [0.2, 0.25) is 0 Å². The van der Waals surface area contributed by atoms with Gasteiger partial charge in [-0.05, 0) is 0 Å². The van der Waals surface area contributed by atoms with Crippen LogP contribution in [0.25, 0.3) is 0 Å². The second kappa shape index (κ2) is 10.7. The van der Waals surface area contributed by atoms with Crippen LogP contribution in [0.4, 0.5) is 0 Å². The SMILES string of the molecule is O=S(=O)(O)O.[Cl][Ca][Cl].[NaH]. The molecule has 0 atom stereocenters. The fourth-order valence-electron chi connectivity index (χ4n) is 0. The Morgan fingerprint density at radius 1 is 1.22 bits per heavy atom. The van der Waals surface area contributed by atoms with Gasteiger partial charge in [-0.15, -0.1) is 0 Å². The van der Waals surface area contributed by atoms with Gasteiger partial charge in [0.15, 0.2) is 0 Å². The second-order valence-electron chi connectivity index (χ2n) is 0.549. The van der Waals surface area contributed by atoms with Gasteiger partial charge in [0, 0.05) is 0 Å². The molecule has 0 saturated heterocycles. The van der Waals surface area contributed by atoms with E-state index in [0.717, 1.165) is 0 Å². The topological polar surface area (TPSA) is 74.6 Å². The summed E-state index contributed by atoms with van der Waals surface area (Å²) in [6.45, 7) is 0. The summed E-state index contributed by atoms with van der Waals surface area (Å²) in [5.74, 6) is 0. The van der Waals surface area contributed by atoms with E-state index in [2.05, 4.69) is 0 Å². The van der Waals surface area contributed by atoms with E-state index >= 15 is 0 Å². The van der Waals surface area contributed by atoms with Crippen molar-refractivity contribution in [1.29, 1.82) is 0 Å². The van der Waals surface area contributed by atoms with Crippen molar-refractivity contribution < 1.29 is 17.5 Å². The first-order valence-corrected chi connectivity index (χ1v) is 8.71. The fourth-order valence-corrected chi connectivity index (χ4v) is 0. The Kier molecular flexibility index (Phi) is 21.1. The molecule has 0 fully saturated rings. The zero-order valence-electron chi connectivity index (χ0n) is 3.58. The molecule has 0 aromatic heterocycles. The monoisotopic (exact) mass is 232 g/mol. The summed E-state index contributed by atoms with van der Waals surface area (Å²) in [5.41, 5.74) is 0. The van der Waals surface area contributed by atoms with Crippen LogP contribution < -0.4 is 0 Å². The average molecular weight is 233 g/mol. The maximum absolute atomic E-state index is 8.74. The summed E-state index contributed by atoms with van der Waals surface area (Å²) in [6.07, 6.45) is 9.90. The molecule has 0 amide bonds. The molecule has 0 aliphatic rings. The first kappa shape index (κ1) is 17.7. The van der Waals surface area contributed by atoms with Crippen LogP contribution >= 0.6 is 12.8 Å². The van der Waals surface area contributed by atoms with Crippen LogP contribution in [-0.2, 0) is 10.4 Å². The predicted octanol–water partition coefficient (Wildman–Crippen LogP) is -0.303. The first-order valence-electron chi connectivity index (χ1n) is 1.23. The first-order chi connectivity index (χ1) is 3.41. The molecule has 4 nitrogen and oxygen atoms in total. The Labute approximate surface area is 98.9 Å². The molecule has 0 heterocycles. The van der Waals surface area contributed by atoms with Gasteiger partial charge in [-0.2, -0.15) is 8.42 Å². The van der Waals surface area contributed by atoms with Gasteiger partial charge in [-0.25, -0.2) is 0 Å². The fraction of sp³-hybridized carbons (Fsp3) is 0. The van der Waals surface area contributed by atoms with Crippen LogP contribution in [0, 0.1) is 0 Å². The van der Waals surface area contributed by atoms with E-state index < -0.39 is 41.2 Å². The Hall–Kier alpha value is 2.71. The second-order valence-corrected chi connectivity index (χ2v) is 5.09. The molecule has 2 N–H and O–H groups in total. The number of rotatable bonds is 0. The quantitative estimate of drug-likeness (QED) is 0.445. The van der Waals surface area contributed by atoms with Crippen LogP contribution in [0.1, 0.15) is 0 Å². The minimum atomic E-state index is -4.67. The van der Waals surface area contributed by atoms with E-state index in [9.17, 15) is 0 Å². The van der Waals surface area contributed by atoms with Crippen LogP contribution in [-0.4, -0.2) is 77.9 Å². The number of hydrogen-bond donors (Lipinski definition) is 2. The zero-order valence-corrected chi connectivity index (χ0v) is 8.12. The molecule has 50 valence electrons. The molecule has 0 aliphatic carbocycles.